The molecule has 0 radical (unpaired) electrons. The third-order valence-corrected chi connectivity index (χ3v) is 1.62. The van der Waals surface area contributed by atoms with Gasteiger partial charge in [-0.2, -0.15) is 0 Å². The van der Waals surface area contributed by atoms with Crippen molar-refractivity contribution >= 4 is 17.6 Å². The molecule has 0 aliphatic rings. The predicted molar refractivity (Wildman–Crippen MR) is 55.6 cm³/mol. The van der Waals surface area contributed by atoms with Gasteiger partial charge < -0.3 is 10.4 Å². The first-order valence-electron chi connectivity index (χ1n) is 4.46. The van der Waals surface area contributed by atoms with Crippen molar-refractivity contribution in [2.45, 2.75) is 0 Å². The summed E-state index contributed by atoms with van der Waals surface area (Å²) in [5, 5.41) is 13.4. The standard InChI is InChI=1S/C10H12N2O3/c13-9(6-11-7-10(14)15)12-8-4-2-1-3-5-8/h1-5,11H,6-7H2,(H,12,13)(H,14,15). The first-order valence-corrected chi connectivity index (χ1v) is 4.46. The number of hydrogen-bond donors (Lipinski definition) is 3. The van der Waals surface area contributed by atoms with Crippen LogP contribution in [0.3, 0.4) is 0 Å². The van der Waals surface area contributed by atoms with E-state index in [0.29, 0.717) is 5.69 Å². The minimum atomic E-state index is -0.984. The Morgan fingerprint density at radius 1 is 1.13 bits per heavy atom. The highest BCUT2D eigenvalue weighted by Gasteiger charge is 2.02. The summed E-state index contributed by atoms with van der Waals surface area (Å²) in [5.74, 6) is -1.25. The summed E-state index contributed by atoms with van der Waals surface area (Å²) in [6, 6.07) is 8.98. The van der Waals surface area contributed by atoms with E-state index in [-0.39, 0.29) is 19.0 Å². The highest BCUT2D eigenvalue weighted by molar-refractivity contribution is 5.92. The van der Waals surface area contributed by atoms with Crippen LogP contribution in [0.4, 0.5) is 5.69 Å². The van der Waals surface area contributed by atoms with Gasteiger partial charge in [-0.3, -0.25) is 14.9 Å². The third kappa shape index (κ3) is 4.78. The zero-order valence-corrected chi connectivity index (χ0v) is 8.06. The molecule has 0 heterocycles. The number of carboxylic acid groups (broad SMARTS) is 1. The number of carboxylic acids is 1. The number of benzene rings is 1. The lowest BCUT2D eigenvalue weighted by molar-refractivity contribution is -0.135. The molecular formula is C10H12N2O3. The monoisotopic (exact) mass is 208 g/mol. The SMILES string of the molecule is O=C(O)CNCC(=O)Nc1ccccc1. The molecule has 1 rings (SSSR count). The summed E-state index contributed by atoms with van der Waals surface area (Å²) < 4.78 is 0. The Morgan fingerprint density at radius 2 is 1.80 bits per heavy atom. The average molecular weight is 208 g/mol. The van der Waals surface area contributed by atoms with E-state index < -0.39 is 5.97 Å². The maximum Gasteiger partial charge on any atom is 0.317 e. The molecule has 0 saturated heterocycles. The zero-order valence-electron chi connectivity index (χ0n) is 8.06. The smallest absolute Gasteiger partial charge is 0.317 e. The lowest BCUT2D eigenvalue weighted by Crippen LogP contribution is -2.31. The second-order valence-corrected chi connectivity index (χ2v) is 2.91. The van der Waals surface area contributed by atoms with Gasteiger partial charge in [-0.15, -0.1) is 0 Å². The minimum Gasteiger partial charge on any atom is -0.480 e. The fourth-order valence-corrected chi connectivity index (χ4v) is 1.01. The molecule has 0 aliphatic heterocycles. The fourth-order valence-electron chi connectivity index (χ4n) is 1.01. The van der Waals surface area contributed by atoms with E-state index in [4.69, 9.17) is 5.11 Å². The molecule has 1 aromatic rings. The Kier molecular flexibility index (Phi) is 4.30. The second kappa shape index (κ2) is 5.77. The molecular weight excluding hydrogens is 196 g/mol. The van der Waals surface area contributed by atoms with Crippen LogP contribution in [0.1, 0.15) is 0 Å². The topological polar surface area (TPSA) is 78.4 Å². The summed E-state index contributed by atoms with van der Waals surface area (Å²) in [4.78, 5) is 21.4. The number of anilines is 1. The summed E-state index contributed by atoms with van der Waals surface area (Å²) >= 11 is 0. The molecule has 5 nitrogen and oxygen atoms in total. The van der Waals surface area contributed by atoms with Gasteiger partial charge in [0.1, 0.15) is 0 Å². The fraction of sp³-hybridized carbons (Fsp3) is 0.200. The quantitative estimate of drug-likeness (QED) is 0.650. The second-order valence-electron chi connectivity index (χ2n) is 2.91. The first kappa shape index (κ1) is 11.2. The van der Waals surface area contributed by atoms with Crippen molar-refractivity contribution in [1.29, 1.82) is 0 Å². The molecule has 1 amide bonds. The highest BCUT2D eigenvalue weighted by Crippen LogP contribution is 2.03. The average Bonchev–Trinajstić information content (AvgIpc) is 2.18. The van der Waals surface area contributed by atoms with Gasteiger partial charge in [-0.1, -0.05) is 18.2 Å². The Balaban J connectivity index is 2.28. The number of nitrogens with one attached hydrogen (secondary N) is 2. The molecule has 0 aromatic heterocycles. The van der Waals surface area contributed by atoms with E-state index in [9.17, 15) is 9.59 Å². The number of rotatable bonds is 5. The predicted octanol–water partition coefficient (Wildman–Crippen LogP) is 0.299. The van der Waals surface area contributed by atoms with E-state index >= 15 is 0 Å². The molecule has 0 atom stereocenters. The molecule has 3 N–H and O–H groups in total. The largest absolute Gasteiger partial charge is 0.480 e. The van der Waals surface area contributed by atoms with Crippen LogP contribution in [0.2, 0.25) is 0 Å². The van der Waals surface area contributed by atoms with Gasteiger partial charge in [0.2, 0.25) is 5.91 Å². The van der Waals surface area contributed by atoms with Crippen molar-refractivity contribution in [1.82, 2.24) is 5.32 Å². The number of hydrogen-bond acceptors (Lipinski definition) is 3. The molecule has 15 heavy (non-hydrogen) atoms. The van der Waals surface area contributed by atoms with Crippen LogP contribution in [0.5, 0.6) is 0 Å². The van der Waals surface area contributed by atoms with Gasteiger partial charge in [0.15, 0.2) is 0 Å². The summed E-state index contributed by atoms with van der Waals surface area (Å²) in [6.07, 6.45) is 0. The Hall–Kier alpha value is -1.88. The van der Waals surface area contributed by atoms with Gasteiger partial charge >= 0.3 is 5.97 Å². The van der Waals surface area contributed by atoms with Gasteiger partial charge in [0.05, 0.1) is 13.1 Å². The summed E-state index contributed by atoms with van der Waals surface area (Å²) in [7, 11) is 0. The number of carbonyl (C=O) groups is 2. The van der Waals surface area contributed by atoms with Gasteiger partial charge in [0.25, 0.3) is 0 Å². The lowest BCUT2D eigenvalue weighted by atomic mass is 10.3. The van der Waals surface area contributed by atoms with E-state index in [1.807, 2.05) is 6.07 Å². The maximum atomic E-state index is 11.2. The van der Waals surface area contributed by atoms with E-state index in [0.717, 1.165) is 0 Å². The molecule has 0 unspecified atom stereocenters. The molecule has 5 heteroatoms. The van der Waals surface area contributed by atoms with Crippen LogP contribution in [0.15, 0.2) is 30.3 Å². The van der Waals surface area contributed by atoms with Gasteiger partial charge in [0, 0.05) is 5.69 Å². The summed E-state index contributed by atoms with van der Waals surface area (Å²) in [5.41, 5.74) is 0.694. The first-order chi connectivity index (χ1) is 7.18. The van der Waals surface area contributed by atoms with Crippen molar-refractivity contribution < 1.29 is 14.7 Å². The third-order valence-electron chi connectivity index (χ3n) is 1.62. The molecule has 0 aliphatic carbocycles. The molecule has 80 valence electrons. The molecule has 1 aromatic carbocycles. The number of carbonyl (C=O) groups excluding carboxylic acids is 1. The van der Waals surface area contributed by atoms with E-state index in [2.05, 4.69) is 10.6 Å². The van der Waals surface area contributed by atoms with Crippen LogP contribution < -0.4 is 10.6 Å². The lowest BCUT2D eigenvalue weighted by Gasteiger charge is -2.04. The van der Waals surface area contributed by atoms with E-state index in [1.54, 1.807) is 24.3 Å². The highest BCUT2D eigenvalue weighted by atomic mass is 16.4. The van der Waals surface area contributed by atoms with Gasteiger partial charge in [-0.25, -0.2) is 0 Å². The van der Waals surface area contributed by atoms with Crippen LogP contribution in [0.25, 0.3) is 0 Å². The molecule has 0 fully saturated rings. The van der Waals surface area contributed by atoms with Crippen LogP contribution in [-0.4, -0.2) is 30.1 Å². The Morgan fingerprint density at radius 3 is 2.40 bits per heavy atom. The maximum absolute atomic E-state index is 11.2. The molecule has 0 saturated carbocycles. The van der Waals surface area contributed by atoms with Crippen molar-refractivity contribution in [3.63, 3.8) is 0 Å². The Bertz CT molecular complexity index is 338. The number of para-hydroxylation sites is 1. The van der Waals surface area contributed by atoms with Crippen molar-refractivity contribution in [2.24, 2.45) is 0 Å². The van der Waals surface area contributed by atoms with Crippen LogP contribution >= 0.6 is 0 Å². The Labute approximate surface area is 87.1 Å². The van der Waals surface area contributed by atoms with Gasteiger partial charge in [-0.05, 0) is 12.1 Å². The normalized spacial score (nSPS) is 9.60. The van der Waals surface area contributed by atoms with Crippen molar-refractivity contribution in [3.8, 4) is 0 Å². The zero-order chi connectivity index (χ0) is 11.1. The van der Waals surface area contributed by atoms with Crippen molar-refractivity contribution in [2.75, 3.05) is 18.4 Å². The van der Waals surface area contributed by atoms with Crippen molar-refractivity contribution in [3.05, 3.63) is 30.3 Å². The summed E-state index contributed by atoms with van der Waals surface area (Å²) in [6.45, 7) is -0.233. The molecule has 0 bridgehead atoms. The van der Waals surface area contributed by atoms with Crippen LogP contribution in [-0.2, 0) is 9.59 Å². The number of amides is 1. The number of aliphatic carboxylic acids is 1. The van der Waals surface area contributed by atoms with E-state index in [1.165, 1.54) is 0 Å². The minimum absolute atomic E-state index is 0.0127. The molecule has 0 spiro atoms. The van der Waals surface area contributed by atoms with Crippen LogP contribution in [0, 0.1) is 0 Å².